The lowest BCUT2D eigenvalue weighted by Crippen LogP contribution is -2.38. The van der Waals surface area contributed by atoms with Crippen LogP contribution in [0.4, 0.5) is 0 Å². The van der Waals surface area contributed by atoms with Crippen molar-refractivity contribution in [2.24, 2.45) is 5.41 Å². The molecule has 0 saturated carbocycles. The van der Waals surface area contributed by atoms with Gasteiger partial charge in [0, 0.05) is 13.1 Å². The minimum Gasteiger partial charge on any atom is -0.393 e. The minimum atomic E-state index is -0.279. The van der Waals surface area contributed by atoms with Gasteiger partial charge in [0.25, 0.3) is 0 Å². The van der Waals surface area contributed by atoms with E-state index in [9.17, 15) is 9.90 Å². The third-order valence-corrected chi connectivity index (χ3v) is 4.16. The quantitative estimate of drug-likeness (QED) is 0.893. The summed E-state index contributed by atoms with van der Waals surface area (Å²) in [5.74, 6) is 0.176. The highest BCUT2D eigenvalue weighted by Crippen LogP contribution is 2.28. The number of aliphatic hydroxyl groups excluding tert-OH is 1. The van der Waals surface area contributed by atoms with Crippen molar-refractivity contribution in [3.8, 4) is 0 Å². The molecule has 1 fully saturated rings. The molecule has 1 aromatic heterocycles. The van der Waals surface area contributed by atoms with E-state index in [2.05, 4.69) is 13.8 Å². The summed E-state index contributed by atoms with van der Waals surface area (Å²) >= 11 is 1.62. The Bertz CT molecular complexity index is 400. The number of carbonyl (C=O) groups is 1. The van der Waals surface area contributed by atoms with E-state index in [1.165, 1.54) is 0 Å². The van der Waals surface area contributed by atoms with Crippen LogP contribution in [-0.2, 0) is 11.2 Å². The SMILES string of the molecule is CC1(C)CC(O)CCN(C(=O)Cc2ccsc2)C1. The van der Waals surface area contributed by atoms with E-state index in [4.69, 9.17) is 0 Å². The highest BCUT2D eigenvalue weighted by Gasteiger charge is 2.31. The van der Waals surface area contributed by atoms with Crippen molar-refractivity contribution < 1.29 is 9.90 Å². The molecular formula is C14H21NO2S. The van der Waals surface area contributed by atoms with Crippen molar-refractivity contribution in [2.75, 3.05) is 13.1 Å². The fraction of sp³-hybridized carbons (Fsp3) is 0.643. The van der Waals surface area contributed by atoms with Crippen LogP contribution < -0.4 is 0 Å². The van der Waals surface area contributed by atoms with Gasteiger partial charge in [0.1, 0.15) is 0 Å². The van der Waals surface area contributed by atoms with Gasteiger partial charge in [-0.3, -0.25) is 4.79 Å². The number of nitrogens with zero attached hydrogens (tertiary/aromatic N) is 1. The van der Waals surface area contributed by atoms with E-state index in [-0.39, 0.29) is 17.4 Å². The molecule has 1 aromatic rings. The minimum absolute atomic E-state index is 0.000221. The fourth-order valence-electron chi connectivity index (χ4n) is 2.60. The number of hydrogen-bond acceptors (Lipinski definition) is 3. The standard InChI is InChI=1S/C14H21NO2S/c1-14(2)8-12(16)3-5-15(10-14)13(17)7-11-4-6-18-9-11/h4,6,9,12,16H,3,5,7-8,10H2,1-2H3. The van der Waals surface area contributed by atoms with Gasteiger partial charge < -0.3 is 10.0 Å². The van der Waals surface area contributed by atoms with Gasteiger partial charge in [0.2, 0.25) is 5.91 Å². The topological polar surface area (TPSA) is 40.5 Å². The Balaban J connectivity index is 2.01. The van der Waals surface area contributed by atoms with E-state index in [1.807, 2.05) is 21.7 Å². The molecule has 2 rings (SSSR count). The number of aliphatic hydroxyl groups is 1. The van der Waals surface area contributed by atoms with Crippen LogP contribution in [0.15, 0.2) is 16.8 Å². The maximum absolute atomic E-state index is 12.3. The van der Waals surface area contributed by atoms with Crippen LogP contribution in [0.1, 0.15) is 32.3 Å². The Labute approximate surface area is 112 Å². The summed E-state index contributed by atoms with van der Waals surface area (Å²) in [4.78, 5) is 14.2. The Morgan fingerprint density at radius 3 is 3.06 bits per heavy atom. The highest BCUT2D eigenvalue weighted by atomic mass is 32.1. The number of hydrogen-bond donors (Lipinski definition) is 1. The van der Waals surface area contributed by atoms with Gasteiger partial charge in [-0.15, -0.1) is 0 Å². The largest absolute Gasteiger partial charge is 0.393 e. The van der Waals surface area contributed by atoms with Crippen LogP contribution in [0.2, 0.25) is 0 Å². The molecule has 1 saturated heterocycles. The van der Waals surface area contributed by atoms with Crippen molar-refractivity contribution in [1.29, 1.82) is 0 Å². The summed E-state index contributed by atoms with van der Waals surface area (Å²) in [6.45, 7) is 5.65. The summed E-state index contributed by atoms with van der Waals surface area (Å²) in [6.07, 6.45) is 1.67. The number of amides is 1. The first-order chi connectivity index (χ1) is 8.46. The van der Waals surface area contributed by atoms with E-state index in [0.717, 1.165) is 18.5 Å². The average molecular weight is 267 g/mol. The lowest BCUT2D eigenvalue weighted by molar-refractivity contribution is -0.131. The first-order valence-electron chi connectivity index (χ1n) is 6.43. The molecule has 0 spiro atoms. The first kappa shape index (κ1) is 13.6. The van der Waals surface area contributed by atoms with Gasteiger partial charge in [-0.05, 0) is 40.6 Å². The zero-order valence-corrected chi connectivity index (χ0v) is 11.9. The van der Waals surface area contributed by atoms with Gasteiger partial charge in [-0.1, -0.05) is 13.8 Å². The second-order valence-electron chi connectivity index (χ2n) is 5.93. The monoisotopic (exact) mass is 267 g/mol. The Hall–Kier alpha value is -0.870. The van der Waals surface area contributed by atoms with Crippen LogP contribution in [0.25, 0.3) is 0 Å². The third kappa shape index (κ3) is 3.56. The third-order valence-electron chi connectivity index (χ3n) is 3.43. The van der Waals surface area contributed by atoms with E-state index < -0.39 is 0 Å². The molecule has 2 heterocycles. The predicted octanol–water partition coefficient (Wildman–Crippen LogP) is 2.30. The zero-order valence-electron chi connectivity index (χ0n) is 11.1. The summed E-state index contributed by atoms with van der Waals surface area (Å²) in [7, 11) is 0. The van der Waals surface area contributed by atoms with Crippen molar-refractivity contribution >= 4 is 17.2 Å². The van der Waals surface area contributed by atoms with Crippen LogP contribution in [0.3, 0.4) is 0 Å². The molecule has 1 atom stereocenters. The molecule has 0 aliphatic carbocycles. The van der Waals surface area contributed by atoms with Crippen molar-refractivity contribution in [3.05, 3.63) is 22.4 Å². The highest BCUT2D eigenvalue weighted by molar-refractivity contribution is 7.07. The number of carbonyl (C=O) groups excluding carboxylic acids is 1. The number of likely N-dealkylation sites (tertiary alicyclic amines) is 1. The van der Waals surface area contributed by atoms with Gasteiger partial charge >= 0.3 is 0 Å². The summed E-state index contributed by atoms with van der Waals surface area (Å²) in [6, 6.07) is 2.00. The van der Waals surface area contributed by atoms with E-state index >= 15 is 0 Å². The molecule has 1 aliphatic rings. The second kappa shape index (κ2) is 5.41. The maximum atomic E-state index is 12.3. The van der Waals surface area contributed by atoms with Gasteiger partial charge in [-0.2, -0.15) is 11.3 Å². The average Bonchev–Trinajstić information content (AvgIpc) is 2.70. The smallest absolute Gasteiger partial charge is 0.227 e. The lowest BCUT2D eigenvalue weighted by atomic mass is 9.87. The van der Waals surface area contributed by atoms with Crippen molar-refractivity contribution in [1.82, 2.24) is 4.90 Å². The van der Waals surface area contributed by atoms with Gasteiger partial charge in [0.15, 0.2) is 0 Å². The van der Waals surface area contributed by atoms with Crippen LogP contribution >= 0.6 is 11.3 Å². The molecule has 100 valence electrons. The second-order valence-corrected chi connectivity index (χ2v) is 6.71. The van der Waals surface area contributed by atoms with Crippen LogP contribution in [0, 0.1) is 5.41 Å². The molecule has 1 N–H and O–H groups in total. The molecule has 0 aromatic carbocycles. The summed E-state index contributed by atoms with van der Waals surface area (Å²) < 4.78 is 0. The van der Waals surface area contributed by atoms with Gasteiger partial charge in [0.05, 0.1) is 12.5 Å². The number of thiophene rings is 1. The Morgan fingerprint density at radius 2 is 2.39 bits per heavy atom. The molecule has 0 bridgehead atoms. The zero-order chi connectivity index (χ0) is 13.2. The molecular weight excluding hydrogens is 246 g/mol. The normalized spacial score (nSPS) is 23.7. The molecule has 0 radical (unpaired) electrons. The van der Waals surface area contributed by atoms with Gasteiger partial charge in [-0.25, -0.2) is 0 Å². The molecule has 1 unspecified atom stereocenters. The van der Waals surface area contributed by atoms with Crippen molar-refractivity contribution in [2.45, 2.75) is 39.2 Å². The lowest BCUT2D eigenvalue weighted by Gasteiger charge is -2.29. The van der Waals surface area contributed by atoms with Crippen molar-refractivity contribution in [3.63, 3.8) is 0 Å². The summed E-state index contributed by atoms with van der Waals surface area (Å²) in [5, 5.41) is 13.9. The molecule has 1 aliphatic heterocycles. The molecule has 1 amide bonds. The molecule has 4 heteroatoms. The Kier molecular flexibility index (Phi) is 4.07. The first-order valence-corrected chi connectivity index (χ1v) is 7.37. The van der Waals surface area contributed by atoms with E-state index in [1.54, 1.807) is 11.3 Å². The predicted molar refractivity (Wildman–Crippen MR) is 73.6 cm³/mol. The molecule has 3 nitrogen and oxygen atoms in total. The maximum Gasteiger partial charge on any atom is 0.227 e. The molecule has 18 heavy (non-hydrogen) atoms. The summed E-state index contributed by atoms with van der Waals surface area (Å²) in [5.41, 5.74) is 1.09. The fourth-order valence-corrected chi connectivity index (χ4v) is 3.27. The van der Waals surface area contributed by atoms with E-state index in [0.29, 0.717) is 19.4 Å². The van der Waals surface area contributed by atoms with Crippen LogP contribution in [0.5, 0.6) is 0 Å². The van der Waals surface area contributed by atoms with Crippen LogP contribution in [-0.4, -0.2) is 35.1 Å². The number of rotatable bonds is 2. The Morgan fingerprint density at radius 1 is 1.61 bits per heavy atom.